The Morgan fingerprint density at radius 2 is 2.08 bits per heavy atom. The normalized spacial score (nSPS) is 22.0. The first kappa shape index (κ1) is 18.6. The van der Waals surface area contributed by atoms with E-state index in [1.54, 1.807) is 18.9 Å². The zero-order chi connectivity index (χ0) is 17.7. The van der Waals surface area contributed by atoms with Gasteiger partial charge in [0.25, 0.3) is 0 Å². The SMILES string of the molecule is CC(CNC(=O)N(C)CC1CCCCC1O)c1ccc(F)cc1F. The smallest absolute Gasteiger partial charge is 0.317 e. The van der Waals surface area contributed by atoms with E-state index in [1.807, 2.05) is 0 Å². The first-order valence-electron chi connectivity index (χ1n) is 8.50. The van der Waals surface area contributed by atoms with Crippen LogP contribution < -0.4 is 5.32 Å². The van der Waals surface area contributed by atoms with Crippen LogP contribution in [0.25, 0.3) is 0 Å². The number of benzene rings is 1. The highest BCUT2D eigenvalue weighted by molar-refractivity contribution is 5.73. The summed E-state index contributed by atoms with van der Waals surface area (Å²) in [5, 5.41) is 12.8. The van der Waals surface area contributed by atoms with Crippen LogP contribution in [0.15, 0.2) is 18.2 Å². The van der Waals surface area contributed by atoms with Crippen molar-refractivity contribution in [1.29, 1.82) is 0 Å². The number of hydrogen-bond acceptors (Lipinski definition) is 2. The molecule has 1 aliphatic carbocycles. The van der Waals surface area contributed by atoms with Crippen molar-refractivity contribution in [3.05, 3.63) is 35.4 Å². The van der Waals surface area contributed by atoms with Crippen LogP contribution in [0.3, 0.4) is 0 Å². The summed E-state index contributed by atoms with van der Waals surface area (Å²) >= 11 is 0. The maximum atomic E-state index is 13.7. The van der Waals surface area contributed by atoms with E-state index in [0.29, 0.717) is 12.1 Å². The first-order valence-corrected chi connectivity index (χ1v) is 8.50. The van der Waals surface area contributed by atoms with Crippen LogP contribution in [0, 0.1) is 17.6 Å². The Morgan fingerprint density at radius 3 is 2.75 bits per heavy atom. The number of urea groups is 1. The van der Waals surface area contributed by atoms with E-state index in [4.69, 9.17) is 0 Å². The second kappa shape index (κ2) is 8.42. The monoisotopic (exact) mass is 340 g/mol. The highest BCUT2D eigenvalue weighted by atomic mass is 19.1. The zero-order valence-electron chi connectivity index (χ0n) is 14.3. The molecule has 0 aliphatic heterocycles. The van der Waals surface area contributed by atoms with Gasteiger partial charge < -0.3 is 15.3 Å². The van der Waals surface area contributed by atoms with Crippen LogP contribution in [0.4, 0.5) is 13.6 Å². The van der Waals surface area contributed by atoms with Crippen LogP contribution in [0.1, 0.15) is 44.1 Å². The summed E-state index contributed by atoms with van der Waals surface area (Å²) in [5.41, 5.74) is 0.377. The number of carbonyl (C=O) groups excluding carboxylic acids is 1. The van der Waals surface area contributed by atoms with E-state index >= 15 is 0 Å². The lowest BCUT2D eigenvalue weighted by atomic mass is 9.86. The lowest BCUT2D eigenvalue weighted by Crippen LogP contribution is -2.43. The van der Waals surface area contributed by atoms with Crippen molar-refractivity contribution < 1.29 is 18.7 Å². The van der Waals surface area contributed by atoms with Crippen LogP contribution >= 0.6 is 0 Å². The molecule has 1 aromatic carbocycles. The number of aliphatic hydroxyl groups is 1. The van der Waals surface area contributed by atoms with E-state index in [2.05, 4.69) is 5.32 Å². The molecule has 2 amide bonds. The van der Waals surface area contributed by atoms with Crippen molar-refractivity contribution in [2.45, 2.75) is 44.6 Å². The van der Waals surface area contributed by atoms with Gasteiger partial charge >= 0.3 is 6.03 Å². The highest BCUT2D eigenvalue weighted by Gasteiger charge is 2.25. The van der Waals surface area contributed by atoms with Gasteiger partial charge in [0.05, 0.1) is 6.10 Å². The molecule has 0 heterocycles. The molecular weight excluding hydrogens is 314 g/mol. The molecule has 1 aliphatic rings. The Labute approximate surface area is 141 Å². The number of nitrogens with one attached hydrogen (secondary N) is 1. The Kier molecular flexibility index (Phi) is 6.54. The largest absolute Gasteiger partial charge is 0.393 e. The van der Waals surface area contributed by atoms with Crippen molar-refractivity contribution in [3.63, 3.8) is 0 Å². The molecule has 134 valence electrons. The van der Waals surface area contributed by atoms with Gasteiger partial charge in [-0.05, 0) is 24.5 Å². The summed E-state index contributed by atoms with van der Waals surface area (Å²) in [4.78, 5) is 13.7. The third-order valence-corrected chi connectivity index (χ3v) is 4.78. The molecule has 0 aromatic heterocycles. The summed E-state index contributed by atoms with van der Waals surface area (Å²) in [5.74, 6) is -1.36. The number of amides is 2. The maximum absolute atomic E-state index is 13.7. The van der Waals surface area contributed by atoms with Crippen LogP contribution in [-0.2, 0) is 0 Å². The maximum Gasteiger partial charge on any atom is 0.317 e. The van der Waals surface area contributed by atoms with E-state index in [0.717, 1.165) is 31.7 Å². The summed E-state index contributed by atoms with van der Waals surface area (Å²) in [6.45, 7) is 2.55. The minimum absolute atomic E-state index is 0.112. The fourth-order valence-electron chi connectivity index (χ4n) is 3.22. The average molecular weight is 340 g/mol. The minimum atomic E-state index is -0.613. The molecule has 3 atom stereocenters. The zero-order valence-corrected chi connectivity index (χ0v) is 14.3. The van der Waals surface area contributed by atoms with Gasteiger partial charge in [0.15, 0.2) is 0 Å². The standard InChI is InChI=1S/C18H26F2N2O2/c1-12(15-8-7-14(19)9-16(15)20)10-21-18(24)22(2)11-13-5-3-4-6-17(13)23/h7-9,12-13,17,23H,3-6,10-11H2,1-2H3,(H,21,24). The van der Waals surface area contributed by atoms with E-state index in [1.165, 1.54) is 12.1 Å². The highest BCUT2D eigenvalue weighted by Crippen LogP contribution is 2.25. The third kappa shape index (κ3) is 4.90. The summed E-state index contributed by atoms with van der Waals surface area (Å²) < 4.78 is 26.7. The fraction of sp³-hybridized carbons (Fsp3) is 0.611. The fourth-order valence-corrected chi connectivity index (χ4v) is 3.22. The van der Waals surface area contributed by atoms with Gasteiger partial charge in [-0.2, -0.15) is 0 Å². The molecule has 2 N–H and O–H groups in total. The molecule has 1 fully saturated rings. The van der Waals surface area contributed by atoms with E-state index in [9.17, 15) is 18.7 Å². The molecule has 6 heteroatoms. The Hall–Kier alpha value is -1.69. The van der Waals surface area contributed by atoms with Gasteiger partial charge in [-0.25, -0.2) is 13.6 Å². The number of halogens is 2. The quantitative estimate of drug-likeness (QED) is 0.864. The molecule has 4 nitrogen and oxygen atoms in total. The molecule has 24 heavy (non-hydrogen) atoms. The molecule has 3 unspecified atom stereocenters. The molecule has 1 saturated carbocycles. The molecule has 0 saturated heterocycles. The number of hydrogen-bond donors (Lipinski definition) is 2. The second-order valence-electron chi connectivity index (χ2n) is 6.75. The molecular formula is C18H26F2N2O2. The Morgan fingerprint density at radius 1 is 1.38 bits per heavy atom. The van der Waals surface area contributed by atoms with Crippen molar-refractivity contribution >= 4 is 6.03 Å². The molecule has 0 radical (unpaired) electrons. The number of aliphatic hydroxyl groups excluding tert-OH is 1. The topological polar surface area (TPSA) is 52.6 Å². The van der Waals surface area contributed by atoms with Crippen molar-refractivity contribution in [2.75, 3.05) is 20.1 Å². The lowest BCUT2D eigenvalue weighted by Gasteiger charge is -2.31. The molecule has 1 aromatic rings. The van der Waals surface area contributed by atoms with Crippen molar-refractivity contribution in [3.8, 4) is 0 Å². The predicted octanol–water partition coefficient (Wildman–Crippen LogP) is 3.26. The van der Waals surface area contributed by atoms with Gasteiger partial charge in [0, 0.05) is 38.0 Å². The number of carbonyl (C=O) groups is 1. The Balaban J connectivity index is 1.83. The van der Waals surface area contributed by atoms with E-state index < -0.39 is 11.6 Å². The lowest BCUT2D eigenvalue weighted by molar-refractivity contribution is 0.0565. The van der Waals surface area contributed by atoms with Crippen LogP contribution in [-0.4, -0.2) is 42.3 Å². The summed E-state index contributed by atoms with van der Waals surface area (Å²) in [6.07, 6.45) is 3.49. The van der Waals surface area contributed by atoms with Gasteiger partial charge in [-0.1, -0.05) is 25.8 Å². The van der Waals surface area contributed by atoms with Crippen LogP contribution in [0.5, 0.6) is 0 Å². The molecule has 0 bridgehead atoms. The number of rotatable bonds is 5. The Bertz CT molecular complexity index is 568. The second-order valence-corrected chi connectivity index (χ2v) is 6.75. The van der Waals surface area contributed by atoms with Crippen molar-refractivity contribution in [2.24, 2.45) is 5.92 Å². The summed E-state index contributed by atoms with van der Waals surface area (Å²) in [6, 6.07) is 3.23. The predicted molar refractivity (Wildman–Crippen MR) is 88.8 cm³/mol. The van der Waals surface area contributed by atoms with Gasteiger partial charge in [-0.15, -0.1) is 0 Å². The van der Waals surface area contributed by atoms with Crippen LogP contribution in [0.2, 0.25) is 0 Å². The van der Waals surface area contributed by atoms with Gasteiger partial charge in [-0.3, -0.25) is 0 Å². The van der Waals surface area contributed by atoms with Gasteiger partial charge in [0.2, 0.25) is 0 Å². The minimum Gasteiger partial charge on any atom is -0.393 e. The molecule has 0 spiro atoms. The first-order chi connectivity index (χ1) is 11.4. The third-order valence-electron chi connectivity index (χ3n) is 4.78. The van der Waals surface area contributed by atoms with Crippen molar-refractivity contribution in [1.82, 2.24) is 10.2 Å². The average Bonchev–Trinajstić information content (AvgIpc) is 2.54. The van der Waals surface area contributed by atoms with E-state index in [-0.39, 0.29) is 30.5 Å². The van der Waals surface area contributed by atoms with Gasteiger partial charge in [0.1, 0.15) is 11.6 Å². The summed E-state index contributed by atoms with van der Waals surface area (Å²) in [7, 11) is 1.69. The molecule has 2 rings (SSSR count). The number of nitrogens with zero attached hydrogens (tertiary/aromatic N) is 1.